The monoisotopic (exact) mass is 336 g/mol. The zero-order chi connectivity index (χ0) is 13.2. The molecule has 17 heavy (non-hydrogen) atoms. The molecule has 0 aliphatic carbocycles. The highest BCUT2D eigenvalue weighted by Crippen LogP contribution is 2.27. The van der Waals surface area contributed by atoms with Crippen molar-refractivity contribution in [3.05, 3.63) is 33.8 Å². The van der Waals surface area contributed by atoms with Gasteiger partial charge >= 0.3 is 0 Å². The molecule has 1 unspecified atom stereocenters. The zero-order valence-electron chi connectivity index (χ0n) is 10.1. The first-order chi connectivity index (χ1) is 7.71. The second kappa shape index (κ2) is 5.73. The van der Waals surface area contributed by atoms with Crippen LogP contribution in [0.3, 0.4) is 0 Å². The summed E-state index contributed by atoms with van der Waals surface area (Å²) in [5, 5.41) is 1.20. The van der Waals surface area contributed by atoms with Gasteiger partial charge in [-0.25, -0.2) is 0 Å². The van der Waals surface area contributed by atoms with E-state index in [1.54, 1.807) is 12.1 Å². The fourth-order valence-electron chi connectivity index (χ4n) is 1.44. The Kier molecular flexibility index (Phi) is 5.06. The Hall–Kier alpha value is -0.0500. The lowest BCUT2D eigenvalue weighted by Crippen LogP contribution is -2.30. The van der Waals surface area contributed by atoms with Crippen LogP contribution < -0.4 is 0 Å². The quantitative estimate of drug-likeness (QED) is 0.716. The lowest BCUT2D eigenvalue weighted by Gasteiger charge is -2.21. The Labute approximate surface area is 121 Å². The Morgan fingerprint density at radius 2 is 1.94 bits per heavy atom. The molecule has 1 aromatic rings. The fraction of sp³-hybridized carbons (Fsp3) is 0.462. The van der Waals surface area contributed by atoms with E-state index in [1.165, 1.54) is 0 Å². The molecule has 0 spiro atoms. The van der Waals surface area contributed by atoms with Gasteiger partial charge < -0.3 is 0 Å². The van der Waals surface area contributed by atoms with Crippen LogP contribution >= 0.6 is 39.1 Å². The van der Waals surface area contributed by atoms with E-state index in [4.69, 9.17) is 23.2 Å². The van der Waals surface area contributed by atoms with Crippen molar-refractivity contribution >= 4 is 44.9 Å². The lowest BCUT2D eigenvalue weighted by atomic mass is 9.87. The summed E-state index contributed by atoms with van der Waals surface area (Å²) in [7, 11) is 0. The van der Waals surface area contributed by atoms with Crippen molar-refractivity contribution in [2.24, 2.45) is 5.41 Å². The number of carbonyl (C=O) groups is 1. The predicted molar refractivity (Wildman–Crippen MR) is 77.3 cm³/mol. The Morgan fingerprint density at radius 1 is 1.35 bits per heavy atom. The number of carbonyl (C=O) groups excluding carboxylic acids is 1. The summed E-state index contributed by atoms with van der Waals surface area (Å²) in [5.74, 6) is 0.170. The molecule has 0 aliphatic rings. The van der Waals surface area contributed by atoms with Crippen molar-refractivity contribution in [2.75, 3.05) is 0 Å². The van der Waals surface area contributed by atoms with E-state index in [-0.39, 0.29) is 16.0 Å². The number of alkyl halides is 1. The smallest absolute Gasteiger partial charge is 0.152 e. The maximum Gasteiger partial charge on any atom is 0.152 e. The van der Waals surface area contributed by atoms with Crippen molar-refractivity contribution in [2.45, 2.75) is 32.0 Å². The number of hydrogen-bond donors (Lipinski definition) is 0. The molecule has 0 bridgehead atoms. The third-order valence-corrected chi connectivity index (χ3v) is 3.76. The zero-order valence-corrected chi connectivity index (χ0v) is 13.2. The number of ketones is 1. The average molecular weight is 338 g/mol. The van der Waals surface area contributed by atoms with Gasteiger partial charge in [-0.15, -0.1) is 0 Å². The molecule has 0 heterocycles. The number of halogens is 3. The highest BCUT2D eigenvalue weighted by molar-refractivity contribution is 9.10. The first kappa shape index (κ1) is 15.0. The SMILES string of the molecule is CC(C)(C)C(=O)C(Br)Cc1ccc(Cl)cc1Cl. The van der Waals surface area contributed by atoms with Gasteiger partial charge in [-0.3, -0.25) is 4.79 Å². The first-order valence-electron chi connectivity index (χ1n) is 5.34. The van der Waals surface area contributed by atoms with Crippen LogP contribution in [-0.2, 0) is 11.2 Å². The van der Waals surface area contributed by atoms with Gasteiger partial charge in [0.2, 0.25) is 0 Å². The Bertz CT molecular complexity index is 424. The minimum absolute atomic E-state index is 0.170. The van der Waals surface area contributed by atoms with Crippen molar-refractivity contribution in [1.82, 2.24) is 0 Å². The third-order valence-electron chi connectivity index (χ3n) is 2.44. The highest BCUT2D eigenvalue weighted by Gasteiger charge is 2.28. The summed E-state index contributed by atoms with van der Waals surface area (Å²) >= 11 is 15.3. The van der Waals surface area contributed by atoms with Crippen LogP contribution in [0.5, 0.6) is 0 Å². The van der Waals surface area contributed by atoms with Gasteiger partial charge in [0.15, 0.2) is 5.78 Å². The minimum atomic E-state index is -0.354. The summed E-state index contributed by atoms with van der Waals surface area (Å²) in [6.45, 7) is 5.73. The molecular formula is C13H15BrCl2O. The second-order valence-corrected chi connectivity index (χ2v) is 6.97. The van der Waals surface area contributed by atoms with Gasteiger partial charge in [0, 0.05) is 15.5 Å². The van der Waals surface area contributed by atoms with Gasteiger partial charge in [0.1, 0.15) is 0 Å². The predicted octanol–water partition coefficient (Wildman–Crippen LogP) is 4.91. The van der Waals surface area contributed by atoms with E-state index < -0.39 is 0 Å². The van der Waals surface area contributed by atoms with Crippen molar-refractivity contribution in [1.29, 1.82) is 0 Å². The molecule has 0 aromatic heterocycles. The Balaban J connectivity index is 2.81. The number of Topliss-reactive ketones (excluding diaryl/α,β-unsaturated/α-hetero) is 1. The molecule has 0 saturated heterocycles. The van der Waals surface area contributed by atoms with Gasteiger partial charge in [-0.2, -0.15) is 0 Å². The number of rotatable bonds is 3. The molecule has 0 fully saturated rings. The van der Waals surface area contributed by atoms with Crippen molar-refractivity contribution in [3.63, 3.8) is 0 Å². The van der Waals surface area contributed by atoms with Crippen LogP contribution in [0.15, 0.2) is 18.2 Å². The summed E-state index contributed by atoms with van der Waals surface area (Å²) < 4.78 is 0. The average Bonchev–Trinajstić information content (AvgIpc) is 2.19. The Morgan fingerprint density at radius 3 is 2.41 bits per heavy atom. The molecule has 4 heteroatoms. The van der Waals surface area contributed by atoms with Crippen LogP contribution in [-0.4, -0.2) is 10.6 Å². The summed E-state index contributed by atoms with van der Waals surface area (Å²) in [6, 6.07) is 5.33. The van der Waals surface area contributed by atoms with Gasteiger partial charge in [-0.1, -0.05) is 66.0 Å². The molecule has 1 aromatic carbocycles. The van der Waals surface area contributed by atoms with Crippen molar-refractivity contribution in [3.8, 4) is 0 Å². The standard InChI is InChI=1S/C13H15BrCl2O/c1-13(2,3)12(17)10(14)6-8-4-5-9(15)7-11(8)16/h4-5,7,10H,6H2,1-3H3. The maximum atomic E-state index is 12.0. The fourth-order valence-corrected chi connectivity index (χ4v) is 2.96. The molecule has 1 nitrogen and oxygen atoms in total. The topological polar surface area (TPSA) is 17.1 Å². The third kappa shape index (κ3) is 4.27. The molecule has 0 amide bonds. The molecule has 0 N–H and O–H groups in total. The van der Waals surface area contributed by atoms with E-state index in [1.807, 2.05) is 26.8 Å². The largest absolute Gasteiger partial charge is 0.298 e. The van der Waals surface area contributed by atoms with E-state index >= 15 is 0 Å². The van der Waals surface area contributed by atoms with E-state index in [0.29, 0.717) is 16.5 Å². The normalized spacial score (nSPS) is 13.5. The molecule has 0 radical (unpaired) electrons. The van der Waals surface area contributed by atoms with Crippen LogP contribution in [0.4, 0.5) is 0 Å². The van der Waals surface area contributed by atoms with Crippen LogP contribution in [0.2, 0.25) is 10.0 Å². The van der Waals surface area contributed by atoms with E-state index in [9.17, 15) is 4.79 Å². The van der Waals surface area contributed by atoms with Crippen LogP contribution in [0, 0.1) is 5.41 Å². The van der Waals surface area contributed by atoms with Crippen LogP contribution in [0.25, 0.3) is 0 Å². The molecule has 0 saturated carbocycles. The summed E-state index contributed by atoms with van der Waals surface area (Å²) in [6.07, 6.45) is 0.576. The summed E-state index contributed by atoms with van der Waals surface area (Å²) in [4.78, 5) is 11.8. The van der Waals surface area contributed by atoms with Gasteiger partial charge in [0.25, 0.3) is 0 Å². The first-order valence-corrected chi connectivity index (χ1v) is 7.01. The molecular weight excluding hydrogens is 323 g/mol. The highest BCUT2D eigenvalue weighted by atomic mass is 79.9. The molecule has 94 valence electrons. The second-order valence-electron chi connectivity index (χ2n) is 5.02. The number of benzene rings is 1. The van der Waals surface area contributed by atoms with Crippen molar-refractivity contribution < 1.29 is 4.79 Å². The molecule has 1 atom stereocenters. The molecule has 1 rings (SSSR count). The van der Waals surface area contributed by atoms with E-state index in [0.717, 1.165) is 5.56 Å². The number of hydrogen-bond acceptors (Lipinski definition) is 1. The molecule has 0 aliphatic heterocycles. The van der Waals surface area contributed by atoms with Gasteiger partial charge in [-0.05, 0) is 24.1 Å². The van der Waals surface area contributed by atoms with Crippen LogP contribution in [0.1, 0.15) is 26.3 Å². The maximum absolute atomic E-state index is 12.0. The van der Waals surface area contributed by atoms with Gasteiger partial charge in [0.05, 0.1) is 4.83 Å². The minimum Gasteiger partial charge on any atom is -0.298 e. The van der Waals surface area contributed by atoms with E-state index in [2.05, 4.69) is 15.9 Å². The lowest BCUT2D eigenvalue weighted by molar-refractivity contribution is -0.125. The summed E-state index contributed by atoms with van der Waals surface area (Å²) in [5.41, 5.74) is 0.572.